The summed E-state index contributed by atoms with van der Waals surface area (Å²) in [6.45, 7) is 2.16. The van der Waals surface area contributed by atoms with Crippen LogP contribution >= 0.6 is 0 Å². The summed E-state index contributed by atoms with van der Waals surface area (Å²) < 4.78 is 18.1. The average Bonchev–Trinajstić information content (AvgIpc) is 2.37. The molecule has 104 valence electrons. The number of rotatable bonds is 5. The normalized spacial score (nSPS) is 10.1. The minimum atomic E-state index is -0.748. The molecule has 19 heavy (non-hydrogen) atoms. The van der Waals surface area contributed by atoms with E-state index in [1.807, 2.05) is 6.92 Å². The van der Waals surface area contributed by atoms with E-state index in [4.69, 9.17) is 4.74 Å². The molecule has 1 rings (SSSR count). The molecule has 0 saturated carbocycles. The van der Waals surface area contributed by atoms with Crippen LogP contribution in [0.25, 0.3) is 0 Å². The summed E-state index contributed by atoms with van der Waals surface area (Å²) in [5, 5.41) is 10.8. The van der Waals surface area contributed by atoms with Crippen LogP contribution < -0.4 is 4.90 Å². The number of benzene rings is 1. The van der Waals surface area contributed by atoms with Gasteiger partial charge in [0.1, 0.15) is 11.5 Å². The van der Waals surface area contributed by atoms with Crippen molar-refractivity contribution >= 4 is 17.5 Å². The Bertz CT molecular complexity index is 479. The predicted octanol–water partition coefficient (Wildman–Crippen LogP) is 3.11. The van der Waals surface area contributed by atoms with E-state index in [0.717, 1.165) is 29.5 Å². The number of carbonyl (C=O) groups is 1. The molecule has 0 radical (unpaired) electrons. The number of amides is 1. The zero-order valence-electron chi connectivity index (χ0n) is 10.8. The summed E-state index contributed by atoms with van der Waals surface area (Å²) in [7, 11) is 1.30. The van der Waals surface area contributed by atoms with E-state index in [9.17, 15) is 19.3 Å². The molecule has 0 bridgehead atoms. The zero-order valence-corrected chi connectivity index (χ0v) is 10.8. The van der Waals surface area contributed by atoms with Crippen molar-refractivity contribution in [1.82, 2.24) is 0 Å². The summed E-state index contributed by atoms with van der Waals surface area (Å²) in [6, 6.07) is 2.91. The van der Waals surface area contributed by atoms with Gasteiger partial charge < -0.3 is 4.74 Å². The summed E-state index contributed by atoms with van der Waals surface area (Å²) in [5.41, 5.74) is -0.483. The lowest BCUT2D eigenvalue weighted by molar-refractivity contribution is -0.384. The van der Waals surface area contributed by atoms with Crippen molar-refractivity contribution in [1.29, 1.82) is 0 Å². The van der Waals surface area contributed by atoms with E-state index in [-0.39, 0.29) is 18.0 Å². The SMILES string of the molecule is CCCCOC(=O)N(C)c1cc(F)ccc1[N+](=O)[O-]. The van der Waals surface area contributed by atoms with Gasteiger partial charge in [-0.1, -0.05) is 13.3 Å². The molecule has 1 amide bonds. The first kappa shape index (κ1) is 14.9. The van der Waals surface area contributed by atoms with Gasteiger partial charge in [0.05, 0.1) is 11.5 Å². The minimum Gasteiger partial charge on any atom is -0.449 e. The molecule has 0 saturated heterocycles. The maximum absolute atomic E-state index is 13.1. The molecule has 0 N–H and O–H groups in total. The molecule has 0 aliphatic carbocycles. The maximum atomic E-state index is 13.1. The Labute approximate surface area is 109 Å². The molecular formula is C12H15FN2O4. The average molecular weight is 270 g/mol. The number of ether oxygens (including phenoxy) is 1. The monoisotopic (exact) mass is 270 g/mol. The Morgan fingerprint density at radius 1 is 1.53 bits per heavy atom. The number of hydrogen-bond acceptors (Lipinski definition) is 4. The summed E-state index contributed by atoms with van der Waals surface area (Å²) in [4.78, 5) is 22.7. The lowest BCUT2D eigenvalue weighted by Gasteiger charge is -2.16. The zero-order chi connectivity index (χ0) is 14.4. The standard InChI is InChI=1S/C12H15FN2O4/c1-3-4-7-19-12(16)14(2)11-8-9(13)5-6-10(11)15(17)18/h5-6,8H,3-4,7H2,1-2H3. The second-order valence-corrected chi connectivity index (χ2v) is 3.92. The van der Waals surface area contributed by atoms with Gasteiger partial charge >= 0.3 is 6.09 Å². The number of nitro benzene ring substituents is 1. The molecule has 0 fully saturated rings. The Kier molecular flexibility index (Phi) is 5.23. The molecule has 0 aliphatic heterocycles. The number of carbonyl (C=O) groups excluding carboxylic acids is 1. The van der Waals surface area contributed by atoms with Gasteiger partial charge in [0.25, 0.3) is 5.69 Å². The largest absolute Gasteiger partial charge is 0.449 e. The first-order valence-corrected chi connectivity index (χ1v) is 5.81. The molecule has 0 heterocycles. The highest BCUT2D eigenvalue weighted by atomic mass is 19.1. The van der Waals surface area contributed by atoms with Gasteiger partial charge in [0.2, 0.25) is 0 Å². The van der Waals surface area contributed by atoms with Crippen molar-refractivity contribution in [3.63, 3.8) is 0 Å². The summed E-state index contributed by atoms with van der Waals surface area (Å²) >= 11 is 0. The fourth-order valence-corrected chi connectivity index (χ4v) is 1.42. The van der Waals surface area contributed by atoms with Crippen molar-refractivity contribution in [2.75, 3.05) is 18.6 Å². The second-order valence-electron chi connectivity index (χ2n) is 3.92. The third kappa shape index (κ3) is 3.90. The van der Waals surface area contributed by atoms with Crippen LogP contribution in [0.15, 0.2) is 18.2 Å². The molecule has 0 unspecified atom stereocenters. The molecular weight excluding hydrogens is 255 g/mol. The minimum absolute atomic E-state index is 0.133. The van der Waals surface area contributed by atoms with Crippen LogP contribution in [0.4, 0.5) is 20.6 Å². The van der Waals surface area contributed by atoms with Crippen LogP contribution in [0.3, 0.4) is 0 Å². The third-order valence-electron chi connectivity index (χ3n) is 2.49. The molecule has 0 spiro atoms. The first-order valence-electron chi connectivity index (χ1n) is 5.81. The number of hydrogen-bond donors (Lipinski definition) is 0. The Balaban J connectivity index is 2.91. The quantitative estimate of drug-likeness (QED) is 0.468. The van der Waals surface area contributed by atoms with Gasteiger partial charge in [0.15, 0.2) is 0 Å². The van der Waals surface area contributed by atoms with Crippen LogP contribution in [-0.2, 0) is 4.74 Å². The van der Waals surface area contributed by atoms with Crippen molar-refractivity contribution in [2.24, 2.45) is 0 Å². The molecule has 7 heteroatoms. The highest BCUT2D eigenvalue weighted by Gasteiger charge is 2.22. The van der Waals surface area contributed by atoms with Crippen molar-refractivity contribution in [2.45, 2.75) is 19.8 Å². The highest BCUT2D eigenvalue weighted by Crippen LogP contribution is 2.28. The molecule has 1 aromatic carbocycles. The van der Waals surface area contributed by atoms with E-state index in [1.165, 1.54) is 7.05 Å². The van der Waals surface area contributed by atoms with Crippen LogP contribution in [0.1, 0.15) is 19.8 Å². The smallest absolute Gasteiger partial charge is 0.414 e. The van der Waals surface area contributed by atoms with Gasteiger partial charge in [-0.2, -0.15) is 0 Å². The Morgan fingerprint density at radius 2 is 2.21 bits per heavy atom. The third-order valence-corrected chi connectivity index (χ3v) is 2.49. The first-order chi connectivity index (χ1) is 8.97. The molecule has 0 atom stereocenters. The predicted molar refractivity (Wildman–Crippen MR) is 67.7 cm³/mol. The van der Waals surface area contributed by atoms with E-state index in [1.54, 1.807) is 0 Å². The molecule has 0 aromatic heterocycles. The van der Waals surface area contributed by atoms with Gasteiger partial charge in [-0.25, -0.2) is 9.18 Å². The second kappa shape index (κ2) is 6.67. The van der Waals surface area contributed by atoms with E-state index in [2.05, 4.69) is 0 Å². The Morgan fingerprint density at radius 3 is 2.79 bits per heavy atom. The number of anilines is 1. The van der Waals surface area contributed by atoms with E-state index < -0.39 is 16.8 Å². The summed E-state index contributed by atoms with van der Waals surface area (Å²) in [6.07, 6.45) is 0.809. The lowest BCUT2D eigenvalue weighted by Crippen LogP contribution is -2.28. The van der Waals surface area contributed by atoms with Gasteiger partial charge in [-0.15, -0.1) is 0 Å². The fourth-order valence-electron chi connectivity index (χ4n) is 1.42. The maximum Gasteiger partial charge on any atom is 0.414 e. The van der Waals surface area contributed by atoms with Crippen LogP contribution in [0.2, 0.25) is 0 Å². The number of unbranched alkanes of at least 4 members (excludes halogenated alkanes) is 1. The van der Waals surface area contributed by atoms with Gasteiger partial charge in [-0.3, -0.25) is 15.0 Å². The van der Waals surface area contributed by atoms with Gasteiger partial charge in [0, 0.05) is 19.2 Å². The molecule has 0 aliphatic rings. The van der Waals surface area contributed by atoms with Crippen LogP contribution in [-0.4, -0.2) is 24.7 Å². The van der Waals surface area contributed by atoms with Crippen molar-refractivity contribution < 1.29 is 18.8 Å². The van der Waals surface area contributed by atoms with E-state index in [0.29, 0.717) is 6.42 Å². The number of halogens is 1. The number of nitro groups is 1. The molecule has 6 nitrogen and oxygen atoms in total. The summed E-state index contributed by atoms with van der Waals surface area (Å²) in [5.74, 6) is -0.659. The topological polar surface area (TPSA) is 72.7 Å². The Hall–Kier alpha value is -2.18. The lowest BCUT2D eigenvalue weighted by atomic mass is 10.2. The van der Waals surface area contributed by atoms with Crippen LogP contribution in [0.5, 0.6) is 0 Å². The van der Waals surface area contributed by atoms with E-state index >= 15 is 0 Å². The fraction of sp³-hybridized carbons (Fsp3) is 0.417. The molecule has 1 aromatic rings. The van der Waals surface area contributed by atoms with Gasteiger partial charge in [-0.05, 0) is 12.5 Å². The van der Waals surface area contributed by atoms with Crippen LogP contribution in [0, 0.1) is 15.9 Å². The van der Waals surface area contributed by atoms with Crippen molar-refractivity contribution in [3.8, 4) is 0 Å². The van der Waals surface area contributed by atoms with Crippen molar-refractivity contribution in [3.05, 3.63) is 34.1 Å². The highest BCUT2D eigenvalue weighted by molar-refractivity contribution is 5.90. The number of nitrogens with zero attached hydrogens (tertiary/aromatic N) is 2.